The molecular weight excluding hydrogens is 349 g/mol. The van der Waals surface area contributed by atoms with Gasteiger partial charge in [0.1, 0.15) is 0 Å². The maximum atomic E-state index is 3.65. The fourth-order valence-corrected chi connectivity index (χ4v) is 2.15. The monoisotopic (exact) mass is 383 g/mol. The third-order valence-electron chi connectivity index (χ3n) is 3.29. The Kier molecular flexibility index (Phi) is 27.5. The zero-order valence-corrected chi connectivity index (χ0v) is 18.4. The number of rotatable bonds is 7. The van der Waals surface area contributed by atoms with Gasteiger partial charge in [0, 0.05) is 0 Å². The summed E-state index contributed by atoms with van der Waals surface area (Å²) in [6, 6.07) is 0. The molecule has 0 saturated carbocycles. The molecule has 130 valence electrons. The van der Waals surface area contributed by atoms with Crippen LogP contribution in [0.2, 0.25) is 0 Å². The Morgan fingerprint density at radius 3 is 1.91 bits per heavy atom. The zero-order valence-electron chi connectivity index (χ0n) is 15.2. The van der Waals surface area contributed by atoms with E-state index in [9.17, 15) is 0 Å². The Morgan fingerprint density at radius 2 is 1.55 bits per heavy atom. The van der Waals surface area contributed by atoms with Crippen LogP contribution >= 0.6 is 24.8 Å². The molecule has 1 atom stereocenters. The number of halogens is 2. The second kappa shape index (κ2) is 19.8. The van der Waals surface area contributed by atoms with Gasteiger partial charge in [-0.3, -0.25) is 12.6 Å². The third kappa shape index (κ3) is 14.3. The molecule has 1 nitrogen and oxygen atoms in total. The summed E-state index contributed by atoms with van der Waals surface area (Å²) in [5, 5.41) is 0. The van der Waals surface area contributed by atoms with Crippen LogP contribution in [0.3, 0.4) is 0 Å². The molecule has 0 aromatic carbocycles. The van der Waals surface area contributed by atoms with E-state index in [4.69, 9.17) is 0 Å². The van der Waals surface area contributed by atoms with Crippen molar-refractivity contribution in [1.82, 2.24) is 4.90 Å². The molecule has 1 aliphatic carbocycles. The Bertz CT molecular complexity index is 267. The van der Waals surface area contributed by atoms with Crippen molar-refractivity contribution in [3.05, 3.63) is 29.8 Å². The van der Waals surface area contributed by atoms with Crippen LogP contribution in [-0.2, 0) is 21.7 Å². The van der Waals surface area contributed by atoms with Crippen molar-refractivity contribution in [2.75, 3.05) is 14.1 Å². The van der Waals surface area contributed by atoms with Gasteiger partial charge in [-0.2, -0.15) is 18.6 Å². The first-order valence-electron chi connectivity index (χ1n) is 7.88. The summed E-state index contributed by atoms with van der Waals surface area (Å²) in [5.41, 5.74) is 3.11. The Balaban J connectivity index is -0.000000179. The molecule has 1 unspecified atom stereocenters. The molecule has 0 bridgehead atoms. The molecule has 0 spiro atoms. The van der Waals surface area contributed by atoms with Crippen molar-refractivity contribution in [2.24, 2.45) is 5.92 Å². The number of allylic oxidation sites excluding steroid dienone is 4. The van der Waals surface area contributed by atoms with E-state index >= 15 is 0 Å². The van der Waals surface area contributed by atoms with Crippen LogP contribution in [0.5, 0.6) is 0 Å². The maximum absolute atomic E-state index is 3.65. The van der Waals surface area contributed by atoms with E-state index in [1.807, 2.05) is 32.5 Å². The minimum absolute atomic E-state index is 0. The van der Waals surface area contributed by atoms with E-state index in [2.05, 4.69) is 32.9 Å². The van der Waals surface area contributed by atoms with Gasteiger partial charge >= 0.3 is 21.7 Å². The average molecular weight is 384 g/mol. The van der Waals surface area contributed by atoms with Crippen LogP contribution in [0, 0.1) is 18.5 Å². The summed E-state index contributed by atoms with van der Waals surface area (Å²) in [7, 11) is 4.00. The molecule has 0 heterocycles. The van der Waals surface area contributed by atoms with Crippen LogP contribution in [-0.4, -0.2) is 19.0 Å². The maximum Gasteiger partial charge on any atom is 2.00 e. The van der Waals surface area contributed by atoms with Gasteiger partial charge in [-0.15, -0.1) is 24.8 Å². The van der Waals surface area contributed by atoms with Crippen molar-refractivity contribution in [3.63, 3.8) is 0 Å². The summed E-state index contributed by atoms with van der Waals surface area (Å²) in [6.45, 7) is 10.8. The van der Waals surface area contributed by atoms with Crippen LogP contribution in [0.1, 0.15) is 66.2 Å². The molecule has 0 aromatic heterocycles. The fourth-order valence-electron chi connectivity index (χ4n) is 2.15. The number of hydrogen-bond donors (Lipinski definition) is 0. The van der Waals surface area contributed by atoms with Gasteiger partial charge in [-0.05, 0) is 14.1 Å². The molecule has 22 heavy (non-hydrogen) atoms. The second-order valence-electron chi connectivity index (χ2n) is 5.43. The third-order valence-corrected chi connectivity index (χ3v) is 3.29. The van der Waals surface area contributed by atoms with Crippen molar-refractivity contribution in [2.45, 2.75) is 66.2 Å². The van der Waals surface area contributed by atoms with E-state index in [0.29, 0.717) is 5.92 Å². The van der Waals surface area contributed by atoms with Gasteiger partial charge in [0.15, 0.2) is 0 Å². The molecule has 1 aliphatic rings. The first-order chi connectivity index (χ1) is 9.08. The summed E-state index contributed by atoms with van der Waals surface area (Å²) in [6.07, 6.45) is 13.7. The van der Waals surface area contributed by atoms with Crippen LogP contribution < -0.4 is 0 Å². The van der Waals surface area contributed by atoms with Gasteiger partial charge in [0.2, 0.25) is 0 Å². The largest absolute Gasteiger partial charge is 2.00 e. The average Bonchev–Trinajstić information content (AvgIpc) is 2.74. The number of hydrogen-bond acceptors (Lipinski definition) is 1. The normalized spacial score (nSPS) is 15.5. The standard InChI is InChI=1S/C14H23.C4H10N.2ClH.Ti/c1-4-7-12-10-13(8-5-2)14(11-12)9-6-3;1-4-5(2)3;;;/h10,12H,4-9H2,1-3H3;4H,1-3H3;2*1H;/q2*-1;;;+2. The zero-order chi connectivity index (χ0) is 14.7. The number of nitrogens with zero attached hydrogens (tertiary/aromatic N) is 1. The first kappa shape index (κ1) is 30.6. The van der Waals surface area contributed by atoms with Crippen molar-refractivity contribution >= 4 is 24.8 Å². The van der Waals surface area contributed by atoms with Gasteiger partial charge < -0.3 is 4.90 Å². The Morgan fingerprint density at radius 1 is 1.05 bits per heavy atom. The first-order valence-corrected chi connectivity index (χ1v) is 7.88. The topological polar surface area (TPSA) is 3.24 Å². The molecule has 0 N–H and O–H groups in total. The van der Waals surface area contributed by atoms with Gasteiger partial charge in [-0.1, -0.05) is 65.2 Å². The predicted octanol–water partition coefficient (Wildman–Crippen LogP) is 6.24. The van der Waals surface area contributed by atoms with Crippen molar-refractivity contribution < 1.29 is 21.7 Å². The summed E-state index contributed by atoms with van der Waals surface area (Å²) in [4.78, 5) is 2.00. The van der Waals surface area contributed by atoms with Crippen LogP contribution in [0.15, 0.2) is 17.2 Å². The smallest absolute Gasteiger partial charge is 0.462 e. The molecular formula is C18H35Cl2NTi. The van der Waals surface area contributed by atoms with Gasteiger partial charge in [0.05, 0.1) is 0 Å². The molecule has 0 saturated heterocycles. The molecule has 4 heteroatoms. The van der Waals surface area contributed by atoms with Crippen molar-refractivity contribution in [3.8, 4) is 0 Å². The van der Waals surface area contributed by atoms with E-state index < -0.39 is 0 Å². The van der Waals surface area contributed by atoms with E-state index in [1.165, 1.54) is 44.1 Å². The summed E-state index contributed by atoms with van der Waals surface area (Å²) < 4.78 is 0. The Hall–Kier alpha value is 0.734. The predicted molar refractivity (Wildman–Crippen MR) is 101 cm³/mol. The van der Waals surface area contributed by atoms with Gasteiger partial charge in [0.25, 0.3) is 0 Å². The minimum atomic E-state index is 0. The van der Waals surface area contributed by atoms with Crippen molar-refractivity contribution in [1.29, 1.82) is 0 Å². The molecule has 0 aliphatic heterocycles. The van der Waals surface area contributed by atoms with E-state index in [0.717, 1.165) is 0 Å². The van der Waals surface area contributed by atoms with E-state index in [1.54, 1.807) is 5.57 Å². The van der Waals surface area contributed by atoms with E-state index in [-0.39, 0.29) is 46.5 Å². The second-order valence-corrected chi connectivity index (χ2v) is 5.43. The summed E-state index contributed by atoms with van der Waals surface area (Å²) in [5.74, 6) is 0.628. The van der Waals surface area contributed by atoms with Crippen LogP contribution in [0.25, 0.3) is 0 Å². The summed E-state index contributed by atoms with van der Waals surface area (Å²) >= 11 is 0. The molecule has 0 aromatic rings. The molecule has 0 radical (unpaired) electrons. The quantitative estimate of drug-likeness (QED) is 0.371. The molecule has 0 amide bonds. The van der Waals surface area contributed by atoms with Gasteiger partial charge in [-0.25, -0.2) is 5.57 Å². The Labute approximate surface area is 167 Å². The molecule has 1 rings (SSSR count). The minimum Gasteiger partial charge on any atom is -0.462 e. The SMILES string of the molecule is CCCC1=[C-]C(CCC)C=C1CCC.C[CH-]N(C)C.Cl.Cl.[Ti+2]. The fraction of sp³-hybridized carbons (Fsp3) is 0.722. The molecule has 0 fully saturated rings. The van der Waals surface area contributed by atoms with Crippen LogP contribution in [0.4, 0.5) is 0 Å².